The number of para-hydroxylation sites is 1. The maximum absolute atomic E-state index is 13.3. The number of carbonyl (C=O) groups excluding carboxylic acids is 1. The predicted molar refractivity (Wildman–Crippen MR) is 138 cm³/mol. The molecule has 172 valence electrons. The molecule has 1 amide bonds. The van der Waals surface area contributed by atoms with Crippen LogP contribution in [0, 0.1) is 6.92 Å². The molecule has 0 unspecified atom stereocenters. The average molecular weight is 442 g/mol. The highest BCUT2D eigenvalue weighted by molar-refractivity contribution is 6.07. The van der Waals surface area contributed by atoms with Crippen LogP contribution in [0.5, 0.6) is 0 Å². The number of hydrogen-bond acceptors (Lipinski definition) is 3. The van der Waals surface area contributed by atoms with E-state index < -0.39 is 0 Å². The lowest BCUT2D eigenvalue weighted by atomic mass is 10.00. The van der Waals surface area contributed by atoms with Crippen LogP contribution in [0.3, 0.4) is 0 Å². The molecule has 0 bridgehead atoms. The molecule has 0 saturated heterocycles. The molecule has 1 aliphatic carbocycles. The summed E-state index contributed by atoms with van der Waals surface area (Å²) in [6.07, 6.45) is 13.5. The van der Waals surface area contributed by atoms with Gasteiger partial charge in [-0.3, -0.25) is 4.79 Å². The number of fused-ring (bicyclic) bond motifs is 1. The second-order valence-electron chi connectivity index (χ2n) is 9.24. The summed E-state index contributed by atoms with van der Waals surface area (Å²) >= 11 is 0. The van der Waals surface area contributed by atoms with Gasteiger partial charge in [0.05, 0.1) is 16.8 Å². The Balaban J connectivity index is 1.56. The Morgan fingerprint density at radius 1 is 0.818 bits per heavy atom. The molecule has 1 aliphatic rings. The van der Waals surface area contributed by atoms with Crippen molar-refractivity contribution in [3.63, 3.8) is 0 Å². The number of nitrogens with zero attached hydrogens (tertiary/aromatic N) is 2. The molecule has 0 radical (unpaired) electrons. The summed E-state index contributed by atoms with van der Waals surface area (Å²) in [6.45, 7) is 2.07. The van der Waals surface area contributed by atoms with Crippen molar-refractivity contribution in [2.75, 3.05) is 0 Å². The van der Waals surface area contributed by atoms with Gasteiger partial charge in [0.2, 0.25) is 0 Å². The van der Waals surface area contributed by atoms with E-state index in [1.54, 1.807) is 0 Å². The van der Waals surface area contributed by atoms with E-state index in [4.69, 9.17) is 4.98 Å². The Labute approximate surface area is 197 Å². The van der Waals surface area contributed by atoms with E-state index >= 15 is 0 Å². The van der Waals surface area contributed by atoms with Gasteiger partial charge in [0.15, 0.2) is 0 Å². The highest BCUT2D eigenvalue weighted by Gasteiger charge is 2.14. The van der Waals surface area contributed by atoms with Crippen LogP contribution in [0.15, 0.2) is 59.7 Å². The van der Waals surface area contributed by atoms with Gasteiger partial charge in [0.1, 0.15) is 0 Å². The standard InChI is InChI=1S/C29H35N3O/c1-22-17-19-23(20-18-22)28-21-26(25-15-11-12-16-27(25)30-28)29(33)32-31-24-13-9-7-5-3-2-4-6-8-10-14-24/h11-12,15-21H,2-10,13-14H2,1H3,(H,32,33). The lowest BCUT2D eigenvalue weighted by Crippen LogP contribution is -2.20. The molecule has 3 aromatic rings. The van der Waals surface area contributed by atoms with Gasteiger partial charge in [-0.05, 0) is 44.7 Å². The van der Waals surface area contributed by atoms with Crippen LogP contribution in [0.25, 0.3) is 22.2 Å². The first kappa shape index (κ1) is 23.2. The van der Waals surface area contributed by atoms with Crippen molar-refractivity contribution in [3.05, 3.63) is 65.7 Å². The van der Waals surface area contributed by atoms with Crippen LogP contribution in [-0.4, -0.2) is 16.6 Å². The third-order valence-corrected chi connectivity index (χ3v) is 6.55. The van der Waals surface area contributed by atoms with Crippen molar-refractivity contribution in [2.45, 2.75) is 77.6 Å². The summed E-state index contributed by atoms with van der Waals surface area (Å²) in [5.74, 6) is -0.166. The van der Waals surface area contributed by atoms with Gasteiger partial charge in [-0.2, -0.15) is 5.10 Å². The Kier molecular flexibility index (Phi) is 8.24. The molecule has 2 aromatic carbocycles. The van der Waals surface area contributed by atoms with Gasteiger partial charge >= 0.3 is 0 Å². The molecule has 0 atom stereocenters. The second kappa shape index (κ2) is 11.7. The Morgan fingerprint density at radius 2 is 1.42 bits per heavy atom. The number of pyridine rings is 1. The van der Waals surface area contributed by atoms with Crippen LogP contribution >= 0.6 is 0 Å². The fraction of sp³-hybridized carbons (Fsp3) is 0.414. The highest BCUT2D eigenvalue weighted by atomic mass is 16.2. The van der Waals surface area contributed by atoms with E-state index in [1.165, 1.54) is 50.5 Å². The molecule has 1 heterocycles. The van der Waals surface area contributed by atoms with Gasteiger partial charge in [-0.1, -0.05) is 93.0 Å². The number of hydrogen-bond donors (Lipinski definition) is 1. The quantitative estimate of drug-likeness (QED) is 0.425. The third kappa shape index (κ3) is 6.50. The maximum Gasteiger partial charge on any atom is 0.272 e. The predicted octanol–water partition coefficient (Wildman–Crippen LogP) is 7.60. The van der Waals surface area contributed by atoms with Crippen LogP contribution in [0.1, 0.15) is 86.6 Å². The summed E-state index contributed by atoms with van der Waals surface area (Å²) in [6, 6.07) is 18.0. The van der Waals surface area contributed by atoms with Crippen molar-refractivity contribution in [1.29, 1.82) is 0 Å². The minimum absolute atomic E-state index is 0.166. The lowest BCUT2D eigenvalue weighted by Gasteiger charge is -2.11. The lowest BCUT2D eigenvalue weighted by molar-refractivity contribution is 0.0956. The van der Waals surface area contributed by atoms with E-state index in [0.29, 0.717) is 5.56 Å². The zero-order chi connectivity index (χ0) is 22.9. The smallest absolute Gasteiger partial charge is 0.267 e. The molecule has 1 fully saturated rings. The molecule has 4 rings (SSSR count). The molecule has 1 aromatic heterocycles. The topological polar surface area (TPSA) is 54.4 Å². The molecule has 33 heavy (non-hydrogen) atoms. The Hall–Kier alpha value is -3.01. The number of carbonyl (C=O) groups is 1. The van der Waals surface area contributed by atoms with Crippen molar-refractivity contribution in [2.24, 2.45) is 5.10 Å². The zero-order valence-corrected chi connectivity index (χ0v) is 19.8. The molecule has 0 aliphatic heterocycles. The first-order valence-electron chi connectivity index (χ1n) is 12.5. The van der Waals surface area contributed by atoms with Gasteiger partial charge < -0.3 is 0 Å². The highest BCUT2D eigenvalue weighted by Crippen LogP contribution is 2.25. The molecule has 1 N–H and O–H groups in total. The van der Waals surface area contributed by atoms with Gasteiger partial charge in [0.25, 0.3) is 5.91 Å². The molecule has 4 nitrogen and oxygen atoms in total. The largest absolute Gasteiger partial charge is 0.272 e. The van der Waals surface area contributed by atoms with Crippen LogP contribution in [0.2, 0.25) is 0 Å². The number of rotatable bonds is 3. The van der Waals surface area contributed by atoms with E-state index in [1.807, 2.05) is 30.3 Å². The number of aromatic nitrogens is 1. The van der Waals surface area contributed by atoms with E-state index in [0.717, 1.165) is 53.6 Å². The fourth-order valence-corrected chi connectivity index (χ4v) is 4.56. The maximum atomic E-state index is 13.3. The minimum atomic E-state index is -0.166. The van der Waals surface area contributed by atoms with Gasteiger partial charge in [0, 0.05) is 16.7 Å². The van der Waals surface area contributed by atoms with Crippen LogP contribution in [-0.2, 0) is 0 Å². The Bertz CT molecular complexity index is 1090. The summed E-state index contributed by atoms with van der Waals surface area (Å²) in [5.41, 5.74) is 8.45. The monoisotopic (exact) mass is 441 g/mol. The molecule has 0 spiro atoms. The molecule has 1 saturated carbocycles. The van der Waals surface area contributed by atoms with Crippen molar-refractivity contribution >= 4 is 22.5 Å². The SMILES string of the molecule is Cc1ccc(-c2cc(C(=O)NN=C3CCCCCCCCCCC3)c3ccccc3n2)cc1. The zero-order valence-electron chi connectivity index (χ0n) is 19.8. The Morgan fingerprint density at radius 3 is 2.09 bits per heavy atom. The summed E-state index contributed by atoms with van der Waals surface area (Å²) in [5, 5.41) is 5.46. The third-order valence-electron chi connectivity index (χ3n) is 6.55. The van der Waals surface area contributed by atoms with E-state index in [2.05, 4.69) is 41.7 Å². The summed E-state index contributed by atoms with van der Waals surface area (Å²) in [4.78, 5) is 18.1. The van der Waals surface area contributed by atoms with Gasteiger partial charge in [-0.15, -0.1) is 0 Å². The molecular formula is C29H35N3O. The minimum Gasteiger partial charge on any atom is -0.267 e. The van der Waals surface area contributed by atoms with Crippen LogP contribution in [0.4, 0.5) is 0 Å². The van der Waals surface area contributed by atoms with E-state index in [9.17, 15) is 4.79 Å². The fourth-order valence-electron chi connectivity index (χ4n) is 4.56. The second-order valence-corrected chi connectivity index (χ2v) is 9.24. The van der Waals surface area contributed by atoms with Gasteiger partial charge in [-0.25, -0.2) is 10.4 Å². The number of hydrazone groups is 1. The molecular weight excluding hydrogens is 406 g/mol. The first-order valence-corrected chi connectivity index (χ1v) is 12.5. The first-order chi connectivity index (χ1) is 16.2. The average Bonchev–Trinajstić information content (AvgIpc) is 2.83. The van der Waals surface area contributed by atoms with E-state index in [-0.39, 0.29) is 5.91 Å². The number of benzene rings is 2. The van der Waals surface area contributed by atoms with Crippen molar-refractivity contribution in [3.8, 4) is 11.3 Å². The number of amides is 1. The van der Waals surface area contributed by atoms with Crippen molar-refractivity contribution < 1.29 is 4.79 Å². The van der Waals surface area contributed by atoms with Crippen molar-refractivity contribution in [1.82, 2.24) is 10.4 Å². The summed E-state index contributed by atoms with van der Waals surface area (Å²) in [7, 11) is 0. The van der Waals surface area contributed by atoms with Crippen LogP contribution < -0.4 is 5.43 Å². The number of nitrogens with one attached hydrogen (secondary N) is 1. The normalized spacial score (nSPS) is 16.0. The summed E-state index contributed by atoms with van der Waals surface area (Å²) < 4.78 is 0. The molecule has 4 heteroatoms. The number of aryl methyl sites for hydroxylation is 1.